The Balaban J connectivity index is 2.34. The van der Waals surface area contributed by atoms with E-state index in [0.717, 1.165) is 31.6 Å². The van der Waals surface area contributed by atoms with E-state index in [1.807, 2.05) is 11.9 Å². The summed E-state index contributed by atoms with van der Waals surface area (Å²) in [6, 6.07) is 0. The molecule has 0 radical (unpaired) electrons. The van der Waals surface area contributed by atoms with Crippen LogP contribution in [0.5, 0.6) is 0 Å². The first-order valence-corrected chi connectivity index (χ1v) is 5.57. The molecule has 0 aromatic heterocycles. The van der Waals surface area contributed by atoms with Crippen molar-refractivity contribution in [3.8, 4) is 0 Å². The second-order valence-corrected chi connectivity index (χ2v) is 4.87. The van der Waals surface area contributed by atoms with Crippen LogP contribution in [0.4, 0.5) is 0 Å². The molecule has 1 aliphatic rings. The number of aliphatic hydroxyl groups is 2. The van der Waals surface area contributed by atoms with E-state index in [4.69, 9.17) is 5.11 Å². The van der Waals surface area contributed by atoms with Crippen molar-refractivity contribution in [1.82, 2.24) is 4.90 Å². The highest BCUT2D eigenvalue weighted by molar-refractivity contribution is 4.86. The van der Waals surface area contributed by atoms with Gasteiger partial charge in [-0.25, -0.2) is 0 Å². The highest BCUT2D eigenvalue weighted by Crippen LogP contribution is 2.32. The van der Waals surface area contributed by atoms with Crippen LogP contribution in [0.1, 0.15) is 32.6 Å². The SMILES string of the molecule is CC1CCC(O)(CN(C)CCO)CC1. The van der Waals surface area contributed by atoms with Crippen molar-refractivity contribution in [2.75, 3.05) is 26.7 Å². The fourth-order valence-corrected chi connectivity index (χ4v) is 2.21. The lowest BCUT2D eigenvalue weighted by molar-refractivity contribution is -0.0319. The van der Waals surface area contributed by atoms with Gasteiger partial charge in [-0.1, -0.05) is 6.92 Å². The maximum absolute atomic E-state index is 10.3. The molecule has 0 aromatic carbocycles. The summed E-state index contributed by atoms with van der Waals surface area (Å²) in [5.41, 5.74) is -0.504. The molecule has 3 nitrogen and oxygen atoms in total. The van der Waals surface area contributed by atoms with Crippen LogP contribution < -0.4 is 0 Å². The third kappa shape index (κ3) is 3.56. The summed E-state index contributed by atoms with van der Waals surface area (Å²) < 4.78 is 0. The van der Waals surface area contributed by atoms with E-state index < -0.39 is 5.60 Å². The van der Waals surface area contributed by atoms with Gasteiger partial charge in [0.25, 0.3) is 0 Å². The molecule has 0 amide bonds. The Morgan fingerprint density at radius 1 is 1.36 bits per heavy atom. The second kappa shape index (κ2) is 5.10. The Kier molecular flexibility index (Phi) is 4.35. The lowest BCUT2D eigenvalue weighted by Crippen LogP contribution is -2.44. The van der Waals surface area contributed by atoms with Crippen molar-refractivity contribution in [2.24, 2.45) is 5.92 Å². The molecule has 0 spiro atoms. The third-order valence-electron chi connectivity index (χ3n) is 3.25. The predicted octanol–water partition coefficient (Wildman–Crippen LogP) is 0.852. The lowest BCUT2D eigenvalue weighted by atomic mass is 9.79. The number of hydrogen-bond donors (Lipinski definition) is 2. The molecule has 0 aliphatic heterocycles. The van der Waals surface area contributed by atoms with Crippen LogP contribution in [0.25, 0.3) is 0 Å². The monoisotopic (exact) mass is 201 g/mol. The lowest BCUT2D eigenvalue weighted by Gasteiger charge is -2.37. The first-order valence-electron chi connectivity index (χ1n) is 5.57. The average molecular weight is 201 g/mol. The van der Waals surface area contributed by atoms with Gasteiger partial charge in [0.2, 0.25) is 0 Å². The molecule has 3 heteroatoms. The van der Waals surface area contributed by atoms with Crippen molar-refractivity contribution in [2.45, 2.75) is 38.2 Å². The van der Waals surface area contributed by atoms with E-state index in [1.165, 1.54) is 0 Å². The summed E-state index contributed by atoms with van der Waals surface area (Å²) in [6.07, 6.45) is 4.07. The normalized spacial score (nSPS) is 33.6. The van der Waals surface area contributed by atoms with Gasteiger partial charge in [0.05, 0.1) is 12.2 Å². The molecule has 1 fully saturated rings. The molecule has 0 bridgehead atoms. The molecule has 14 heavy (non-hydrogen) atoms. The van der Waals surface area contributed by atoms with Crippen LogP contribution in [0.15, 0.2) is 0 Å². The second-order valence-electron chi connectivity index (χ2n) is 4.87. The number of nitrogens with zero attached hydrogens (tertiary/aromatic N) is 1. The molecule has 0 atom stereocenters. The fourth-order valence-electron chi connectivity index (χ4n) is 2.21. The third-order valence-corrected chi connectivity index (χ3v) is 3.25. The fraction of sp³-hybridized carbons (Fsp3) is 1.00. The predicted molar refractivity (Wildman–Crippen MR) is 57.2 cm³/mol. The van der Waals surface area contributed by atoms with Crippen molar-refractivity contribution >= 4 is 0 Å². The summed E-state index contributed by atoms with van der Waals surface area (Å²) in [6.45, 7) is 3.76. The Morgan fingerprint density at radius 3 is 2.43 bits per heavy atom. The molecule has 0 saturated heterocycles. The smallest absolute Gasteiger partial charge is 0.0774 e. The minimum absolute atomic E-state index is 0.170. The highest BCUT2D eigenvalue weighted by Gasteiger charge is 2.32. The van der Waals surface area contributed by atoms with Crippen LogP contribution in [-0.2, 0) is 0 Å². The zero-order chi connectivity index (χ0) is 10.6. The molecule has 0 heterocycles. The molecule has 1 aliphatic carbocycles. The summed E-state index contributed by atoms with van der Waals surface area (Å²) in [5, 5.41) is 19.0. The molecule has 84 valence electrons. The van der Waals surface area contributed by atoms with Gasteiger partial charge in [0, 0.05) is 13.1 Å². The summed E-state index contributed by atoms with van der Waals surface area (Å²) >= 11 is 0. The van der Waals surface area contributed by atoms with E-state index in [-0.39, 0.29) is 6.61 Å². The van der Waals surface area contributed by atoms with Gasteiger partial charge in [-0.3, -0.25) is 0 Å². The van der Waals surface area contributed by atoms with E-state index >= 15 is 0 Å². The topological polar surface area (TPSA) is 43.7 Å². The van der Waals surface area contributed by atoms with E-state index in [9.17, 15) is 5.11 Å². The van der Waals surface area contributed by atoms with E-state index in [1.54, 1.807) is 0 Å². The minimum Gasteiger partial charge on any atom is -0.395 e. The van der Waals surface area contributed by atoms with Crippen LogP contribution >= 0.6 is 0 Å². The van der Waals surface area contributed by atoms with Gasteiger partial charge >= 0.3 is 0 Å². The summed E-state index contributed by atoms with van der Waals surface area (Å²) in [5.74, 6) is 0.762. The van der Waals surface area contributed by atoms with E-state index in [0.29, 0.717) is 13.1 Å². The van der Waals surface area contributed by atoms with Crippen LogP contribution in [0.2, 0.25) is 0 Å². The molecule has 2 N–H and O–H groups in total. The van der Waals surface area contributed by atoms with Crippen molar-refractivity contribution in [3.05, 3.63) is 0 Å². The molecule has 0 aromatic rings. The maximum atomic E-state index is 10.3. The average Bonchev–Trinajstić information content (AvgIpc) is 2.11. The molecule has 1 rings (SSSR count). The van der Waals surface area contributed by atoms with Gasteiger partial charge in [-0.05, 0) is 38.6 Å². The Morgan fingerprint density at radius 2 is 1.93 bits per heavy atom. The summed E-state index contributed by atoms with van der Waals surface area (Å²) in [7, 11) is 1.95. The van der Waals surface area contributed by atoms with Crippen LogP contribution in [0.3, 0.4) is 0 Å². The van der Waals surface area contributed by atoms with Gasteiger partial charge in [-0.2, -0.15) is 0 Å². The summed E-state index contributed by atoms with van der Waals surface area (Å²) in [4.78, 5) is 2.01. The minimum atomic E-state index is -0.504. The number of rotatable bonds is 4. The van der Waals surface area contributed by atoms with Crippen molar-refractivity contribution in [1.29, 1.82) is 0 Å². The number of aliphatic hydroxyl groups excluding tert-OH is 1. The largest absolute Gasteiger partial charge is 0.395 e. The molecular formula is C11H23NO2. The standard InChI is InChI=1S/C11H23NO2/c1-10-3-5-11(14,6-4-10)9-12(2)7-8-13/h10,13-14H,3-9H2,1-2H3. The van der Waals surface area contributed by atoms with Crippen LogP contribution in [-0.4, -0.2) is 47.5 Å². The number of likely N-dealkylation sites (N-methyl/N-ethyl adjacent to an activating group) is 1. The zero-order valence-electron chi connectivity index (χ0n) is 9.37. The first kappa shape index (κ1) is 12.0. The van der Waals surface area contributed by atoms with Crippen LogP contribution in [0, 0.1) is 5.92 Å². The zero-order valence-corrected chi connectivity index (χ0v) is 9.37. The Labute approximate surface area is 86.7 Å². The van der Waals surface area contributed by atoms with Crippen molar-refractivity contribution < 1.29 is 10.2 Å². The van der Waals surface area contributed by atoms with Gasteiger partial charge in [0.1, 0.15) is 0 Å². The van der Waals surface area contributed by atoms with Crippen molar-refractivity contribution in [3.63, 3.8) is 0 Å². The number of hydrogen-bond acceptors (Lipinski definition) is 3. The Hall–Kier alpha value is -0.120. The molecule has 1 saturated carbocycles. The molecular weight excluding hydrogens is 178 g/mol. The molecule has 0 unspecified atom stereocenters. The highest BCUT2D eigenvalue weighted by atomic mass is 16.3. The van der Waals surface area contributed by atoms with Gasteiger partial charge < -0.3 is 15.1 Å². The van der Waals surface area contributed by atoms with Gasteiger partial charge in [-0.15, -0.1) is 0 Å². The Bertz CT molecular complexity index is 165. The maximum Gasteiger partial charge on any atom is 0.0774 e. The van der Waals surface area contributed by atoms with E-state index in [2.05, 4.69) is 6.92 Å². The quantitative estimate of drug-likeness (QED) is 0.709. The van der Waals surface area contributed by atoms with Gasteiger partial charge in [0.15, 0.2) is 0 Å². The first-order chi connectivity index (χ1) is 6.56.